The smallest absolute Gasteiger partial charge is 0.385 e. The molecule has 6 heteroatoms. The number of hydrogen-bond donors (Lipinski definition) is 0. The van der Waals surface area contributed by atoms with Crippen molar-refractivity contribution >= 4 is 11.8 Å². The molecule has 0 aromatic heterocycles. The van der Waals surface area contributed by atoms with Crippen molar-refractivity contribution in [3.63, 3.8) is 0 Å². The highest BCUT2D eigenvalue weighted by Gasteiger charge is 2.66. The molecule has 0 amide bonds. The Bertz CT molecular complexity index is 939. The van der Waals surface area contributed by atoms with Crippen LogP contribution in [0, 0.1) is 17.2 Å². The van der Waals surface area contributed by atoms with E-state index in [0.717, 1.165) is 5.56 Å². The van der Waals surface area contributed by atoms with E-state index < -0.39 is 17.7 Å². The van der Waals surface area contributed by atoms with Gasteiger partial charge in [0.1, 0.15) is 5.76 Å². The summed E-state index contributed by atoms with van der Waals surface area (Å²) >= 11 is 0. The molecule has 6 nitrogen and oxygen atoms in total. The van der Waals surface area contributed by atoms with Gasteiger partial charge in [-0.25, -0.2) is 0 Å². The van der Waals surface area contributed by atoms with Crippen molar-refractivity contribution in [2.45, 2.75) is 11.8 Å². The minimum absolute atomic E-state index is 0.335. The number of methoxy groups -OCH3 is 4. The third-order valence-electron chi connectivity index (χ3n) is 5.21. The van der Waals surface area contributed by atoms with Gasteiger partial charge in [-0.05, 0) is 5.56 Å². The predicted molar refractivity (Wildman–Crippen MR) is 113 cm³/mol. The van der Waals surface area contributed by atoms with Gasteiger partial charge in [0.15, 0.2) is 0 Å². The van der Waals surface area contributed by atoms with Crippen molar-refractivity contribution in [2.24, 2.45) is 5.92 Å². The molecule has 0 bridgehead atoms. The molecule has 0 spiro atoms. The van der Waals surface area contributed by atoms with Gasteiger partial charge in [0.2, 0.25) is 0 Å². The number of nitrogens with zero attached hydrogens (tertiary/aromatic N) is 1. The number of ether oxygens (including phenoxy) is 5. The van der Waals surface area contributed by atoms with Crippen LogP contribution in [0.25, 0.3) is 11.8 Å². The second kappa shape index (κ2) is 9.24. The molecule has 3 rings (SSSR count). The van der Waals surface area contributed by atoms with Crippen molar-refractivity contribution in [1.82, 2.24) is 0 Å². The van der Waals surface area contributed by atoms with E-state index in [9.17, 15) is 5.26 Å². The largest absolute Gasteiger partial charge is 0.433 e. The predicted octanol–water partition coefficient (Wildman–Crippen LogP) is 4.22. The molecule has 1 aliphatic rings. The quantitative estimate of drug-likeness (QED) is 0.640. The zero-order valence-corrected chi connectivity index (χ0v) is 17.5. The summed E-state index contributed by atoms with van der Waals surface area (Å²) in [5, 5.41) is 10.1. The maximum absolute atomic E-state index is 10.1. The van der Waals surface area contributed by atoms with E-state index in [2.05, 4.69) is 6.07 Å². The normalized spacial score (nSPS) is 20.0. The average Bonchev–Trinajstić information content (AvgIpc) is 2.82. The fourth-order valence-corrected chi connectivity index (χ4v) is 3.74. The zero-order chi connectivity index (χ0) is 21.6. The molecule has 1 atom stereocenters. The lowest BCUT2D eigenvalue weighted by atomic mass is 9.83. The summed E-state index contributed by atoms with van der Waals surface area (Å²) in [6.07, 6.45) is 3.75. The Kier molecular flexibility index (Phi) is 6.70. The van der Waals surface area contributed by atoms with Gasteiger partial charge < -0.3 is 23.7 Å². The topological polar surface area (TPSA) is 69.9 Å². The Labute approximate surface area is 176 Å². The van der Waals surface area contributed by atoms with Gasteiger partial charge in [-0.3, -0.25) is 0 Å². The molecule has 1 aliphatic heterocycles. The van der Waals surface area contributed by atoms with Gasteiger partial charge in [-0.1, -0.05) is 72.8 Å². The lowest BCUT2D eigenvalue weighted by Gasteiger charge is -2.50. The molecule has 2 aromatic rings. The summed E-state index contributed by atoms with van der Waals surface area (Å²) in [5.74, 6) is -3.69. The highest BCUT2D eigenvalue weighted by Crippen LogP contribution is 2.50. The van der Waals surface area contributed by atoms with Crippen LogP contribution in [0.4, 0.5) is 0 Å². The number of benzene rings is 2. The zero-order valence-electron chi connectivity index (χ0n) is 17.5. The van der Waals surface area contributed by atoms with Gasteiger partial charge in [-0.15, -0.1) is 0 Å². The standard InChI is InChI=1S/C24H25NO5/c1-26-23(27-2)21(16-15-18-11-7-5-8-12-18)20(17-25)22(19-13-9-6-10-14-19)30-24(23,28-3)29-4/h5-16,21H,1-4H3/b16-15+. The van der Waals surface area contributed by atoms with Gasteiger partial charge in [-0.2, -0.15) is 5.26 Å². The molecule has 1 heterocycles. The van der Waals surface area contributed by atoms with Crippen molar-refractivity contribution < 1.29 is 23.7 Å². The van der Waals surface area contributed by atoms with Crippen molar-refractivity contribution in [2.75, 3.05) is 28.4 Å². The fraction of sp³-hybridized carbons (Fsp3) is 0.292. The lowest BCUT2D eigenvalue weighted by molar-refractivity contribution is -0.476. The second-order valence-electron chi connectivity index (χ2n) is 6.61. The molecule has 1 unspecified atom stereocenters. The summed E-state index contributed by atoms with van der Waals surface area (Å²) in [6.45, 7) is 0. The van der Waals surface area contributed by atoms with Crippen molar-refractivity contribution in [3.8, 4) is 6.07 Å². The van der Waals surface area contributed by atoms with Gasteiger partial charge in [0, 0.05) is 34.0 Å². The molecule has 0 N–H and O–H groups in total. The third-order valence-corrected chi connectivity index (χ3v) is 5.21. The van der Waals surface area contributed by atoms with Crippen LogP contribution in [0.5, 0.6) is 0 Å². The van der Waals surface area contributed by atoms with Crippen LogP contribution in [0.1, 0.15) is 11.1 Å². The van der Waals surface area contributed by atoms with Crippen LogP contribution in [0.3, 0.4) is 0 Å². The van der Waals surface area contributed by atoms with Crippen molar-refractivity contribution in [1.29, 1.82) is 5.26 Å². The Morgan fingerprint density at radius 3 is 1.93 bits per heavy atom. The molecule has 0 radical (unpaired) electrons. The van der Waals surface area contributed by atoms with E-state index in [1.54, 1.807) is 0 Å². The first-order valence-electron chi connectivity index (χ1n) is 9.44. The van der Waals surface area contributed by atoms with Gasteiger partial charge in [0.05, 0.1) is 17.6 Å². The summed E-state index contributed by atoms with van der Waals surface area (Å²) in [5.41, 5.74) is 2.01. The Hall–Kier alpha value is -2.95. The first-order chi connectivity index (χ1) is 14.6. The Balaban J connectivity index is 2.27. The first-order valence-corrected chi connectivity index (χ1v) is 9.44. The lowest BCUT2D eigenvalue weighted by Crippen LogP contribution is -2.66. The van der Waals surface area contributed by atoms with Crippen LogP contribution >= 0.6 is 0 Å². The molecular formula is C24H25NO5. The summed E-state index contributed by atoms with van der Waals surface area (Å²) in [6, 6.07) is 21.4. The highest BCUT2D eigenvalue weighted by atomic mass is 16.9. The molecule has 0 aliphatic carbocycles. The molecule has 0 fully saturated rings. The number of rotatable bonds is 7. The number of nitriles is 1. The Morgan fingerprint density at radius 1 is 0.867 bits per heavy atom. The molecule has 0 saturated carbocycles. The minimum Gasteiger partial charge on any atom is -0.433 e. The van der Waals surface area contributed by atoms with Crippen LogP contribution < -0.4 is 0 Å². The summed E-state index contributed by atoms with van der Waals surface area (Å²) in [7, 11) is 5.81. The van der Waals surface area contributed by atoms with Crippen LogP contribution in [-0.2, 0) is 23.7 Å². The molecule has 156 valence electrons. The van der Waals surface area contributed by atoms with E-state index in [1.807, 2.05) is 72.8 Å². The van der Waals surface area contributed by atoms with E-state index in [0.29, 0.717) is 16.9 Å². The van der Waals surface area contributed by atoms with E-state index in [-0.39, 0.29) is 0 Å². The van der Waals surface area contributed by atoms with Crippen LogP contribution in [0.15, 0.2) is 72.3 Å². The monoisotopic (exact) mass is 407 g/mol. The molecule has 30 heavy (non-hydrogen) atoms. The molecular weight excluding hydrogens is 382 g/mol. The number of hydrogen-bond acceptors (Lipinski definition) is 6. The SMILES string of the molecule is COC1(OC)OC(c2ccccc2)=C(C#N)C(/C=C/c2ccccc2)C1(OC)OC. The fourth-order valence-electron chi connectivity index (χ4n) is 3.74. The highest BCUT2D eigenvalue weighted by molar-refractivity contribution is 5.70. The first kappa shape index (κ1) is 21.8. The third kappa shape index (κ3) is 3.53. The van der Waals surface area contributed by atoms with Crippen molar-refractivity contribution in [3.05, 3.63) is 83.4 Å². The summed E-state index contributed by atoms with van der Waals surface area (Å²) < 4.78 is 29.2. The average molecular weight is 407 g/mol. The van der Waals surface area contributed by atoms with E-state index >= 15 is 0 Å². The molecule has 2 aromatic carbocycles. The van der Waals surface area contributed by atoms with Crippen LogP contribution in [0.2, 0.25) is 0 Å². The van der Waals surface area contributed by atoms with E-state index in [4.69, 9.17) is 23.7 Å². The van der Waals surface area contributed by atoms with Gasteiger partial charge >= 0.3 is 5.97 Å². The molecule has 0 saturated heterocycles. The maximum Gasteiger partial charge on any atom is 0.385 e. The maximum atomic E-state index is 10.1. The van der Waals surface area contributed by atoms with Gasteiger partial charge in [0.25, 0.3) is 5.79 Å². The second-order valence-corrected chi connectivity index (χ2v) is 6.61. The van der Waals surface area contributed by atoms with E-state index in [1.165, 1.54) is 28.4 Å². The Morgan fingerprint density at radius 2 is 1.43 bits per heavy atom. The van der Waals surface area contributed by atoms with Crippen LogP contribution in [-0.4, -0.2) is 40.2 Å². The minimum atomic E-state index is -1.76. The summed E-state index contributed by atoms with van der Waals surface area (Å²) in [4.78, 5) is 0.